The molecule has 0 atom stereocenters. The zero-order chi connectivity index (χ0) is 15.1. The number of hydrogen-bond donors (Lipinski definition) is 1. The van der Waals surface area contributed by atoms with Crippen molar-refractivity contribution in [2.24, 2.45) is 5.11 Å². The molecule has 7 heteroatoms. The molecule has 1 aromatic carbocycles. The molecule has 2 aromatic rings. The third-order valence-electron chi connectivity index (χ3n) is 2.73. The fourth-order valence-corrected chi connectivity index (χ4v) is 2.53. The number of nitrogens with zero attached hydrogens (tertiary/aromatic N) is 4. The van der Waals surface area contributed by atoms with Gasteiger partial charge < -0.3 is 5.11 Å². The molecule has 6 nitrogen and oxygen atoms in total. The Hall–Kier alpha value is -2.50. The maximum atomic E-state index is 10.7. The highest BCUT2D eigenvalue weighted by Crippen LogP contribution is 2.20. The Morgan fingerprint density at radius 2 is 2.05 bits per heavy atom. The Morgan fingerprint density at radius 1 is 1.29 bits per heavy atom. The lowest BCUT2D eigenvalue weighted by atomic mass is 10.1. The second-order valence-electron chi connectivity index (χ2n) is 4.14. The predicted octanol–water partition coefficient (Wildman–Crippen LogP) is 4.06. The molecule has 2 rings (SSSR count). The van der Waals surface area contributed by atoms with Crippen LogP contribution >= 0.6 is 11.8 Å². The molecule has 1 N–H and O–H groups in total. The standard InChI is InChI=1S/C14H12N4O2S/c15-18-17-13-6-5-12(9-16-13)21-8-7-10-1-3-11(4-2-10)14(19)20/h1-6,9H,7-8H2,(H,19,20). The Kier molecular flexibility index (Phi) is 5.20. The van der Waals surface area contributed by atoms with E-state index in [0.717, 1.165) is 22.6 Å². The number of rotatable bonds is 6. The van der Waals surface area contributed by atoms with Gasteiger partial charge in [0.15, 0.2) is 0 Å². The van der Waals surface area contributed by atoms with E-state index in [2.05, 4.69) is 15.0 Å². The third kappa shape index (κ3) is 4.52. The van der Waals surface area contributed by atoms with Crippen LogP contribution in [0.4, 0.5) is 5.82 Å². The lowest BCUT2D eigenvalue weighted by Crippen LogP contribution is -1.96. The highest BCUT2D eigenvalue weighted by Gasteiger charge is 2.02. The summed E-state index contributed by atoms with van der Waals surface area (Å²) in [6, 6.07) is 10.4. The highest BCUT2D eigenvalue weighted by atomic mass is 32.2. The first-order chi connectivity index (χ1) is 10.2. The van der Waals surface area contributed by atoms with Crippen LogP contribution in [0.1, 0.15) is 15.9 Å². The van der Waals surface area contributed by atoms with Gasteiger partial charge in [-0.05, 0) is 46.9 Å². The summed E-state index contributed by atoms with van der Waals surface area (Å²) >= 11 is 1.64. The Balaban J connectivity index is 1.86. The number of hydrogen-bond acceptors (Lipinski definition) is 4. The van der Waals surface area contributed by atoms with Gasteiger partial charge in [-0.15, -0.1) is 11.8 Å². The molecule has 0 spiro atoms. The number of pyridine rings is 1. The monoisotopic (exact) mass is 300 g/mol. The zero-order valence-corrected chi connectivity index (χ0v) is 11.8. The van der Waals surface area contributed by atoms with E-state index < -0.39 is 5.97 Å². The molecule has 0 radical (unpaired) electrons. The largest absolute Gasteiger partial charge is 0.478 e. The van der Waals surface area contributed by atoms with Gasteiger partial charge in [0.25, 0.3) is 0 Å². The van der Waals surface area contributed by atoms with Gasteiger partial charge >= 0.3 is 5.97 Å². The van der Waals surface area contributed by atoms with Crippen LogP contribution in [0.25, 0.3) is 10.4 Å². The molecule has 1 aromatic heterocycles. The lowest BCUT2D eigenvalue weighted by Gasteiger charge is -2.03. The molecule has 0 amide bonds. The maximum Gasteiger partial charge on any atom is 0.335 e. The Morgan fingerprint density at radius 3 is 2.62 bits per heavy atom. The van der Waals surface area contributed by atoms with Gasteiger partial charge in [0.05, 0.1) is 5.56 Å². The van der Waals surface area contributed by atoms with Crippen molar-refractivity contribution in [1.29, 1.82) is 0 Å². The van der Waals surface area contributed by atoms with Crippen molar-refractivity contribution < 1.29 is 9.90 Å². The van der Waals surface area contributed by atoms with Crippen LogP contribution < -0.4 is 0 Å². The summed E-state index contributed by atoms with van der Waals surface area (Å²) in [7, 11) is 0. The van der Waals surface area contributed by atoms with Crippen LogP contribution in [0.5, 0.6) is 0 Å². The summed E-state index contributed by atoms with van der Waals surface area (Å²) in [5.41, 5.74) is 9.67. The van der Waals surface area contributed by atoms with Gasteiger partial charge in [-0.25, -0.2) is 4.79 Å². The van der Waals surface area contributed by atoms with Gasteiger partial charge in [0.1, 0.15) is 5.82 Å². The van der Waals surface area contributed by atoms with Crippen LogP contribution in [0.2, 0.25) is 0 Å². The van der Waals surface area contributed by atoms with Gasteiger partial charge in [-0.1, -0.05) is 12.1 Å². The topological polar surface area (TPSA) is 99.0 Å². The minimum Gasteiger partial charge on any atom is -0.478 e. The van der Waals surface area contributed by atoms with E-state index in [-0.39, 0.29) is 0 Å². The van der Waals surface area contributed by atoms with Crippen LogP contribution in [0, 0.1) is 0 Å². The Labute approximate surface area is 125 Å². The number of carboxylic acids is 1. The van der Waals surface area contributed by atoms with E-state index in [4.69, 9.17) is 10.6 Å². The molecule has 21 heavy (non-hydrogen) atoms. The van der Waals surface area contributed by atoms with E-state index >= 15 is 0 Å². The number of aromatic nitrogens is 1. The zero-order valence-electron chi connectivity index (χ0n) is 11.0. The second-order valence-corrected chi connectivity index (χ2v) is 5.31. The SMILES string of the molecule is [N-]=[N+]=Nc1ccc(SCCc2ccc(C(=O)O)cc2)cn1. The van der Waals surface area contributed by atoms with Crippen molar-refractivity contribution in [3.8, 4) is 0 Å². The fourth-order valence-electron chi connectivity index (χ4n) is 1.66. The van der Waals surface area contributed by atoms with Crippen molar-refractivity contribution in [2.45, 2.75) is 11.3 Å². The first-order valence-corrected chi connectivity index (χ1v) is 7.14. The van der Waals surface area contributed by atoms with Crippen molar-refractivity contribution in [3.05, 3.63) is 64.2 Å². The number of aromatic carboxylic acids is 1. The molecule has 0 aliphatic rings. The van der Waals surface area contributed by atoms with Crippen molar-refractivity contribution in [1.82, 2.24) is 4.98 Å². The number of aryl methyl sites for hydroxylation is 1. The molecule has 0 fully saturated rings. The van der Waals surface area contributed by atoms with Crippen LogP contribution in [-0.4, -0.2) is 21.8 Å². The molecule has 0 bridgehead atoms. The minimum atomic E-state index is -0.915. The molecule has 0 saturated heterocycles. The highest BCUT2D eigenvalue weighted by molar-refractivity contribution is 7.99. The summed E-state index contributed by atoms with van der Waals surface area (Å²) in [5.74, 6) is 0.294. The predicted molar refractivity (Wildman–Crippen MR) is 80.9 cm³/mol. The van der Waals surface area contributed by atoms with E-state index in [0.29, 0.717) is 11.4 Å². The summed E-state index contributed by atoms with van der Waals surface area (Å²) in [6.45, 7) is 0. The van der Waals surface area contributed by atoms with Crippen molar-refractivity contribution in [3.63, 3.8) is 0 Å². The summed E-state index contributed by atoms with van der Waals surface area (Å²) < 4.78 is 0. The fraction of sp³-hybridized carbons (Fsp3) is 0.143. The van der Waals surface area contributed by atoms with Crippen molar-refractivity contribution >= 4 is 23.5 Å². The molecule has 106 valence electrons. The average Bonchev–Trinajstić information content (AvgIpc) is 2.50. The molecular formula is C14H12N4O2S. The van der Waals surface area contributed by atoms with Crippen LogP contribution in [0.15, 0.2) is 52.6 Å². The Bertz CT molecular complexity index is 619. The minimum absolute atomic E-state index is 0.296. The first-order valence-electron chi connectivity index (χ1n) is 6.15. The van der Waals surface area contributed by atoms with E-state index in [9.17, 15) is 4.79 Å². The van der Waals surface area contributed by atoms with Gasteiger partial charge in [0.2, 0.25) is 0 Å². The first kappa shape index (κ1) is 14.9. The lowest BCUT2D eigenvalue weighted by molar-refractivity contribution is 0.0697. The molecule has 0 aliphatic carbocycles. The molecular weight excluding hydrogens is 288 g/mol. The average molecular weight is 300 g/mol. The molecule has 1 heterocycles. The summed E-state index contributed by atoms with van der Waals surface area (Å²) in [6.07, 6.45) is 2.50. The maximum absolute atomic E-state index is 10.7. The quantitative estimate of drug-likeness (QED) is 0.376. The number of azide groups is 1. The number of thioether (sulfide) groups is 1. The normalized spacial score (nSPS) is 9.90. The third-order valence-corrected chi connectivity index (χ3v) is 3.71. The smallest absolute Gasteiger partial charge is 0.335 e. The van der Waals surface area contributed by atoms with Gasteiger partial charge in [0, 0.05) is 21.8 Å². The second kappa shape index (κ2) is 7.33. The van der Waals surface area contributed by atoms with Crippen molar-refractivity contribution in [2.75, 3.05) is 5.75 Å². The summed E-state index contributed by atoms with van der Waals surface area (Å²) in [5, 5.41) is 12.2. The molecule has 0 saturated carbocycles. The number of benzene rings is 1. The van der Waals surface area contributed by atoms with E-state index in [1.54, 1.807) is 36.2 Å². The van der Waals surface area contributed by atoms with Gasteiger partial charge in [-0.3, -0.25) is 4.98 Å². The molecule has 0 aliphatic heterocycles. The number of carbonyl (C=O) groups is 1. The number of carboxylic acid groups (broad SMARTS) is 1. The van der Waals surface area contributed by atoms with Crippen LogP contribution in [-0.2, 0) is 6.42 Å². The van der Waals surface area contributed by atoms with Gasteiger partial charge in [-0.2, -0.15) is 0 Å². The van der Waals surface area contributed by atoms with E-state index in [1.807, 2.05) is 18.2 Å². The summed E-state index contributed by atoms with van der Waals surface area (Å²) in [4.78, 5) is 18.4. The molecule has 0 unspecified atom stereocenters. The van der Waals surface area contributed by atoms with E-state index in [1.165, 1.54) is 0 Å². The van der Waals surface area contributed by atoms with Crippen LogP contribution in [0.3, 0.4) is 0 Å².